The first kappa shape index (κ1) is 13.6. The maximum Gasteiger partial charge on any atom is 0.140 e. The Morgan fingerprint density at radius 2 is 1.58 bits per heavy atom. The first-order chi connectivity index (χ1) is 9.21. The fourth-order valence-electron chi connectivity index (χ4n) is 3.51. The molecular formula is C17H20N2. The highest BCUT2D eigenvalue weighted by Gasteiger charge is 2.41. The maximum absolute atomic E-state index is 9.33. The van der Waals surface area contributed by atoms with Crippen LogP contribution in [0.3, 0.4) is 0 Å². The predicted octanol–water partition coefficient (Wildman–Crippen LogP) is 4.40. The summed E-state index contributed by atoms with van der Waals surface area (Å²) in [4.78, 5) is 0. The van der Waals surface area contributed by atoms with Gasteiger partial charge in [0.05, 0.1) is 12.1 Å². The Morgan fingerprint density at radius 1 is 1.00 bits per heavy atom. The van der Waals surface area contributed by atoms with Crippen LogP contribution in [0.4, 0.5) is 0 Å². The fourth-order valence-corrected chi connectivity index (χ4v) is 3.51. The smallest absolute Gasteiger partial charge is 0.140 e. The van der Waals surface area contributed by atoms with Gasteiger partial charge in [-0.25, -0.2) is 0 Å². The van der Waals surface area contributed by atoms with Crippen molar-refractivity contribution in [3.05, 3.63) is 35.9 Å². The van der Waals surface area contributed by atoms with Crippen molar-refractivity contribution in [3.63, 3.8) is 0 Å². The Kier molecular flexibility index (Phi) is 4.23. The lowest BCUT2D eigenvalue weighted by Gasteiger charge is -2.41. The number of nitriles is 2. The molecule has 0 aliphatic heterocycles. The third kappa shape index (κ3) is 2.79. The van der Waals surface area contributed by atoms with E-state index in [-0.39, 0.29) is 11.3 Å². The first-order valence-corrected chi connectivity index (χ1v) is 7.05. The second-order valence-electron chi connectivity index (χ2n) is 5.84. The van der Waals surface area contributed by atoms with Gasteiger partial charge in [-0.05, 0) is 23.8 Å². The monoisotopic (exact) mass is 252 g/mol. The van der Waals surface area contributed by atoms with Crippen LogP contribution in [-0.4, -0.2) is 0 Å². The summed E-state index contributed by atoms with van der Waals surface area (Å²) in [6.45, 7) is 2.26. The quantitative estimate of drug-likeness (QED) is 0.800. The van der Waals surface area contributed by atoms with E-state index in [1.54, 1.807) is 0 Å². The highest BCUT2D eigenvalue weighted by atomic mass is 14.5. The molecule has 1 aromatic carbocycles. The van der Waals surface area contributed by atoms with E-state index in [0.29, 0.717) is 0 Å². The zero-order chi connectivity index (χ0) is 13.7. The molecular weight excluding hydrogens is 232 g/mol. The van der Waals surface area contributed by atoms with Gasteiger partial charge < -0.3 is 0 Å². The Balaban J connectivity index is 2.40. The molecule has 19 heavy (non-hydrogen) atoms. The molecule has 2 rings (SSSR count). The molecule has 0 aromatic heterocycles. The summed E-state index contributed by atoms with van der Waals surface area (Å²) >= 11 is 0. The lowest BCUT2D eigenvalue weighted by Crippen LogP contribution is -2.32. The summed E-state index contributed by atoms with van der Waals surface area (Å²) < 4.78 is 0. The number of benzene rings is 1. The van der Waals surface area contributed by atoms with Gasteiger partial charge in [-0.15, -0.1) is 0 Å². The highest BCUT2D eigenvalue weighted by Crippen LogP contribution is 2.50. The molecule has 0 heterocycles. The van der Waals surface area contributed by atoms with E-state index < -0.39 is 5.92 Å². The molecule has 1 aliphatic carbocycles. The normalized spacial score (nSPS) is 19.4. The molecule has 1 saturated carbocycles. The van der Waals surface area contributed by atoms with E-state index >= 15 is 0 Å². The van der Waals surface area contributed by atoms with Gasteiger partial charge in [0.15, 0.2) is 0 Å². The molecule has 1 fully saturated rings. The third-order valence-corrected chi connectivity index (χ3v) is 4.52. The maximum atomic E-state index is 9.33. The lowest BCUT2D eigenvalue weighted by molar-refractivity contribution is 0.154. The number of hydrogen-bond acceptors (Lipinski definition) is 2. The second-order valence-corrected chi connectivity index (χ2v) is 5.84. The molecule has 1 aliphatic rings. The molecule has 2 heteroatoms. The summed E-state index contributed by atoms with van der Waals surface area (Å²) in [6, 6.07) is 14.5. The van der Waals surface area contributed by atoms with Crippen molar-refractivity contribution in [2.24, 2.45) is 11.3 Å². The van der Waals surface area contributed by atoms with Gasteiger partial charge in [-0.3, -0.25) is 0 Å². The molecule has 1 aromatic rings. The SMILES string of the molecule is CC1(C(c2ccccc2)C(C#N)C#N)CCCCC1. The van der Waals surface area contributed by atoms with Gasteiger partial charge in [-0.1, -0.05) is 56.5 Å². The zero-order valence-electron chi connectivity index (χ0n) is 11.5. The minimum Gasteiger partial charge on any atom is -0.197 e. The molecule has 0 N–H and O–H groups in total. The van der Waals surface area contributed by atoms with E-state index in [0.717, 1.165) is 18.4 Å². The standard InChI is InChI=1S/C17H20N2/c1-17(10-6-3-7-11-17)16(15(12-18)13-19)14-8-4-2-5-9-14/h2,4-5,8-9,15-16H,3,6-7,10-11H2,1H3. The van der Waals surface area contributed by atoms with Crippen molar-refractivity contribution in [2.45, 2.75) is 44.9 Å². The van der Waals surface area contributed by atoms with Gasteiger partial charge in [0.25, 0.3) is 0 Å². The molecule has 0 bridgehead atoms. The predicted molar refractivity (Wildman–Crippen MR) is 75.1 cm³/mol. The summed E-state index contributed by atoms with van der Waals surface area (Å²) in [5, 5.41) is 18.7. The molecule has 98 valence electrons. The molecule has 0 spiro atoms. The van der Waals surface area contributed by atoms with Gasteiger partial charge >= 0.3 is 0 Å². The van der Waals surface area contributed by atoms with Crippen molar-refractivity contribution >= 4 is 0 Å². The van der Waals surface area contributed by atoms with E-state index in [1.807, 2.05) is 18.2 Å². The van der Waals surface area contributed by atoms with Gasteiger partial charge in [0, 0.05) is 5.92 Å². The van der Waals surface area contributed by atoms with Crippen LogP contribution in [0.5, 0.6) is 0 Å². The van der Waals surface area contributed by atoms with Crippen molar-refractivity contribution in [1.82, 2.24) is 0 Å². The van der Waals surface area contributed by atoms with E-state index in [2.05, 4.69) is 31.2 Å². The fraction of sp³-hybridized carbons (Fsp3) is 0.529. The van der Waals surface area contributed by atoms with E-state index in [4.69, 9.17) is 0 Å². The summed E-state index contributed by atoms with van der Waals surface area (Å²) in [7, 11) is 0. The molecule has 2 nitrogen and oxygen atoms in total. The Labute approximate surface area is 115 Å². The van der Waals surface area contributed by atoms with Crippen molar-refractivity contribution < 1.29 is 0 Å². The van der Waals surface area contributed by atoms with E-state index in [9.17, 15) is 10.5 Å². The number of rotatable bonds is 3. The Morgan fingerprint density at radius 3 is 2.11 bits per heavy atom. The summed E-state index contributed by atoms with van der Waals surface area (Å²) in [6.07, 6.45) is 5.94. The topological polar surface area (TPSA) is 47.6 Å². The minimum absolute atomic E-state index is 0.0315. The number of nitrogens with zero attached hydrogens (tertiary/aromatic N) is 2. The zero-order valence-corrected chi connectivity index (χ0v) is 11.5. The summed E-state index contributed by atoms with van der Waals surface area (Å²) in [5.41, 5.74) is 1.22. The Hall–Kier alpha value is -1.80. The molecule has 1 unspecified atom stereocenters. The van der Waals surface area contributed by atoms with Crippen LogP contribution in [0.1, 0.15) is 50.5 Å². The van der Waals surface area contributed by atoms with Crippen LogP contribution >= 0.6 is 0 Å². The summed E-state index contributed by atoms with van der Waals surface area (Å²) in [5.74, 6) is -0.519. The average molecular weight is 252 g/mol. The third-order valence-electron chi connectivity index (χ3n) is 4.52. The van der Waals surface area contributed by atoms with Crippen LogP contribution in [0.25, 0.3) is 0 Å². The van der Waals surface area contributed by atoms with Gasteiger partial charge in [0.2, 0.25) is 0 Å². The lowest BCUT2D eigenvalue weighted by atomic mass is 9.61. The molecule has 0 saturated heterocycles. The van der Waals surface area contributed by atoms with Crippen LogP contribution < -0.4 is 0 Å². The second kappa shape index (κ2) is 5.89. The molecule has 0 amide bonds. The average Bonchev–Trinajstić information content (AvgIpc) is 2.46. The van der Waals surface area contributed by atoms with E-state index in [1.165, 1.54) is 19.3 Å². The first-order valence-electron chi connectivity index (χ1n) is 7.05. The minimum atomic E-state index is -0.550. The van der Waals surface area contributed by atoms with Crippen molar-refractivity contribution in [1.29, 1.82) is 10.5 Å². The van der Waals surface area contributed by atoms with Crippen LogP contribution in [0.15, 0.2) is 30.3 Å². The Bertz CT molecular complexity index is 472. The van der Waals surface area contributed by atoms with Crippen LogP contribution in [0, 0.1) is 34.0 Å². The number of hydrogen-bond donors (Lipinski definition) is 0. The van der Waals surface area contributed by atoms with Crippen molar-refractivity contribution in [2.75, 3.05) is 0 Å². The van der Waals surface area contributed by atoms with Crippen LogP contribution in [0.2, 0.25) is 0 Å². The van der Waals surface area contributed by atoms with Gasteiger partial charge in [-0.2, -0.15) is 10.5 Å². The molecule has 1 atom stereocenters. The van der Waals surface area contributed by atoms with Crippen LogP contribution in [-0.2, 0) is 0 Å². The van der Waals surface area contributed by atoms with Crippen molar-refractivity contribution in [3.8, 4) is 12.1 Å². The van der Waals surface area contributed by atoms with Gasteiger partial charge in [0.1, 0.15) is 5.92 Å². The largest absolute Gasteiger partial charge is 0.197 e. The molecule has 0 radical (unpaired) electrons. The highest BCUT2D eigenvalue weighted by molar-refractivity contribution is 5.28.